The molecule has 0 rings (SSSR count). The van der Waals surface area contributed by atoms with Crippen molar-refractivity contribution < 1.29 is 39.8 Å². The minimum absolute atomic E-state index is 0.125. The van der Waals surface area contributed by atoms with Gasteiger partial charge in [-0.25, -0.2) is 0 Å². The van der Waals surface area contributed by atoms with Crippen LogP contribution in [0.25, 0.3) is 0 Å². The van der Waals surface area contributed by atoms with Gasteiger partial charge in [0, 0.05) is 0 Å². The number of aliphatic hydroxyl groups is 2. The molecule has 0 fully saturated rings. The highest BCUT2D eigenvalue weighted by molar-refractivity contribution is 7.94. The van der Waals surface area contributed by atoms with E-state index in [1.165, 1.54) is 0 Å². The van der Waals surface area contributed by atoms with Crippen molar-refractivity contribution in [2.45, 2.75) is 0 Å². The Labute approximate surface area is 74.5 Å². The maximum atomic E-state index is 9.44. The average molecular weight is 240 g/mol. The van der Waals surface area contributed by atoms with E-state index >= 15 is 0 Å². The van der Waals surface area contributed by atoms with Crippen LogP contribution in [0, 0.1) is 0 Å². The molecule has 0 amide bonds. The molecular weight excluding hydrogens is 232 g/mol. The molecule has 11 heteroatoms. The second kappa shape index (κ2) is 6.20. The van der Waals surface area contributed by atoms with Crippen LogP contribution in [0.15, 0.2) is 0 Å². The third kappa shape index (κ3) is 24.5. The van der Waals surface area contributed by atoms with Crippen LogP contribution in [-0.2, 0) is 24.4 Å². The van der Waals surface area contributed by atoms with Crippen molar-refractivity contribution in [3.8, 4) is 0 Å². The maximum absolute atomic E-state index is 9.44. The minimum atomic E-state index is -5.12. The highest BCUT2D eigenvalue weighted by Gasteiger charge is 2.15. The van der Waals surface area contributed by atoms with E-state index < -0.39 is 20.8 Å². The fourth-order valence-corrected chi connectivity index (χ4v) is 0.978. The molecule has 0 aliphatic carbocycles. The van der Waals surface area contributed by atoms with E-state index in [9.17, 15) is 16.8 Å². The van der Waals surface area contributed by atoms with Gasteiger partial charge in [0.2, 0.25) is 0 Å². The number of hydrogen-bond donors (Lipinski definition) is 4. The molecule has 0 bridgehead atoms. The van der Waals surface area contributed by atoms with Crippen LogP contribution >= 0.6 is 0 Å². The van der Waals surface area contributed by atoms with E-state index in [-0.39, 0.29) is 13.2 Å². The van der Waals surface area contributed by atoms with E-state index in [0.29, 0.717) is 0 Å². The van der Waals surface area contributed by atoms with E-state index in [1.807, 2.05) is 0 Å². The van der Waals surface area contributed by atoms with Crippen molar-refractivity contribution in [2.24, 2.45) is 0 Å². The van der Waals surface area contributed by atoms with Crippen molar-refractivity contribution in [1.29, 1.82) is 0 Å². The SMILES string of the molecule is O=S(=O)(O)OS(=O)(=O)O.OCCO. The molecule has 82 valence electrons. The highest BCUT2D eigenvalue weighted by atomic mass is 32.3. The van der Waals surface area contributed by atoms with Crippen molar-refractivity contribution >= 4 is 20.8 Å². The van der Waals surface area contributed by atoms with Gasteiger partial charge in [-0.15, -0.1) is 3.63 Å². The maximum Gasteiger partial charge on any atom is 0.413 e. The lowest BCUT2D eigenvalue weighted by Crippen LogP contribution is -2.10. The lowest BCUT2D eigenvalue weighted by Gasteiger charge is -1.89. The van der Waals surface area contributed by atoms with Crippen molar-refractivity contribution in [3.63, 3.8) is 0 Å². The first-order valence-corrected chi connectivity index (χ1v) is 5.23. The van der Waals surface area contributed by atoms with Gasteiger partial charge >= 0.3 is 20.8 Å². The summed E-state index contributed by atoms with van der Waals surface area (Å²) in [6.07, 6.45) is 0. The summed E-state index contributed by atoms with van der Waals surface area (Å²) in [6.45, 7) is -0.250. The Kier molecular flexibility index (Phi) is 7.24. The molecule has 0 aromatic rings. The largest absolute Gasteiger partial charge is 0.413 e. The second-order valence-electron chi connectivity index (χ2n) is 1.37. The lowest BCUT2D eigenvalue weighted by molar-refractivity contribution is 0.186. The fraction of sp³-hybridized carbons (Fsp3) is 1.00. The molecule has 0 radical (unpaired) electrons. The third-order valence-electron chi connectivity index (χ3n) is 0.272. The minimum Gasteiger partial charge on any atom is -0.394 e. The molecule has 0 aromatic carbocycles. The molecule has 9 nitrogen and oxygen atoms in total. The first kappa shape index (κ1) is 15.2. The predicted molar refractivity (Wildman–Crippen MR) is 38.4 cm³/mol. The van der Waals surface area contributed by atoms with Crippen LogP contribution in [0.4, 0.5) is 0 Å². The van der Waals surface area contributed by atoms with Gasteiger partial charge in [0.05, 0.1) is 13.2 Å². The average Bonchev–Trinajstić information content (AvgIpc) is 1.80. The molecule has 0 aliphatic rings. The Morgan fingerprint density at radius 3 is 1.08 bits per heavy atom. The summed E-state index contributed by atoms with van der Waals surface area (Å²) in [5.41, 5.74) is 0. The van der Waals surface area contributed by atoms with Crippen molar-refractivity contribution in [2.75, 3.05) is 13.2 Å². The zero-order chi connectivity index (χ0) is 11.1. The molecule has 0 heterocycles. The van der Waals surface area contributed by atoms with E-state index in [4.69, 9.17) is 19.3 Å². The lowest BCUT2D eigenvalue weighted by atomic mass is 10.8. The number of hydrogen-bond acceptors (Lipinski definition) is 7. The van der Waals surface area contributed by atoms with Gasteiger partial charge in [-0.3, -0.25) is 9.11 Å². The fourth-order valence-electron chi connectivity index (χ4n) is 0.109. The van der Waals surface area contributed by atoms with E-state index in [0.717, 1.165) is 0 Å². The molecule has 4 N–H and O–H groups in total. The molecule has 0 saturated heterocycles. The van der Waals surface area contributed by atoms with Crippen LogP contribution in [0.3, 0.4) is 0 Å². The molecule has 0 aliphatic heterocycles. The van der Waals surface area contributed by atoms with Gasteiger partial charge < -0.3 is 10.2 Å². The highest BCUT2D eigenvalue weighted by Crippen LogP contribution is 1.91. The number of aliphatic hydroxyl groups excluding tert-OH is 2. The first-order valence-electron chi connectivity index (χ1n) is 2.50. The standard InChI is InChI=1S/C2H6O2.H2O7S2/c3-1-2-4;1-8(2,3)7-9(4,5)6/h3-4H,1-2H2;(H,1,2,3)(H,4,5,6). The zero-order valence-corrected chi connectivity index (χ0v) is 7.69. The van der Waals surface area contributed by atoms with Gasteiger partial charge in [0.25, 0.3) is 0 Å². The molecule has 0 aromatic heterocycles. The summed E-state index contributed by atoms with van der Waals surface area (Å²) in [6, 6.07) is 0. The normalized spacial score (nSPS) is 11.7. The molecular formula is C2H8O9S2. The third-order valence-corrected chi connectivity index (χ3v) is 1.65. The van der Waals surface area contributed by atoms with Crippen LogP contribution in [-0.4, -0.2) is 49.4 Å². The Morgan fingerprint density at radius 1 is 0.846 bits per heavy atom. The van der Waals surface area contributed by atoms with Gasteiger partial charge in [-0.2, -0.15) is 16.8 Å². The smallest absolute Gasteiger partial charge is 0.394 e. The summed E-state index contributed by atoms with van der Waals surface area (Å²) in [7, 11) is -10.2. The predicted octanol–water partition coefficient (Wildman–Crippen LogP) is -2.42. The Balaban J connectivity index is 0. The molecule has 0 saturated carbocycles. The summed E-state index contributed by atoms with van der Waals surface area (Å²) in [5.74, 6) is 0. The Bertz CT molecular complexity index is 265. The van der Waals surface area contributed by atoms with E-state index in [1.54, 1.807) is 0 Å². The first-order chi connectivity index (χ1) is 5.62. The van der Waals surface area contributed by atoms with Crippen LogP contribution in [0.5, 0.6) is 0 Å². The molecule has 0 spiro atoms. The number of rotatable bonds is 3. The van der Waals surface area contributed by atoms with Gasteiger partial charge in [0.1, 0.15) is 0 Å². The molecule has 0 atom stereocenters. The Hall–Kier alpha value is -0.300. The molecule has 13 heavy (non-hydrogen) atoms. The van der Waals surface area contributed by atoms with Crippen molar-refractivity contribution in [1.82, 2.24) is 0 Å². The quantitative estimate of drug-likeness (QED) is 0.393. The topological polar surface area (TPSA) is 158 Å². The monoisotopic (exact) mass is 240 g/mol. The van der Waals surface area contributed by atoms with Gasteiger partial charge in [0.15, 0.2) is 0 Å². The summed E-state index contributed by atoms with van der Waals surface area (Å²) >= 11 is 0. The summed E-state index contributed by atoms with van der Waals surface area (Å²) in [5, 5.41) is 15.2. The van der Waals surface area contributed by atoms with E-state index in [2.05, 4.69) is 3.63 Å². The van der Waals surface area contributed by atoms with Gasteiger partial charge in [-0.1, -0.05) is 0 Å². The summed E-state index contributed by atoms with van der Waals surface area (Å²) < 4.78 is 55.6. The van der Waals surface area contributed by atoms with Crippen LogP contribution in [0.1, 0.15) is 0 Å². The van der Waals surface area contributed by atoms with Crippen molar-refractivity contribution in [3.05, 3.63) is 0 Å². The summed E-state index contributed by atoms with van der Waals surface area (Å²) in [4.78, 5) is 0. The zero-order valence-electron chi connectivity index (χ0n) is 6.06. The Morgan fingerprint density at radius 2 is 1.08 bits per heavy atom. The molecule has 0 unspecified atom stereocenters. The van der Waals surface area contributed by atoms with Gasteiger partial charge in [-0.05, 0) is 0 Å². The van der Waals surface area contributed by atoms with Crippen LogP contribution < -0.4 is 0 Å². The van der Waals surface area contributed by atoms with Crippen LogP contribution in [0.2, 0.25) is 0 Å². The second-order valence-corrected chi connectivity index (χ2v) is 3.63.